The van der Waals surface area contributed by atoms with Gasteiger partial charge in [0.2, 0.25) is 10.0 Å². The van der Waals surface area contributed by atoms with Crippen LogP contribution < -0.4 is 15.4 Å². The fourth-order valence-electron chi connectivity index (χ4n) is 2.24. The molecule has 2 rings (SSSR count). The van der Waals surface area contributed by atoms with Gasteiger partial charge in [-0.15, -0.1) is 0 Å². The summed E-state index contributed by atoms with van der Waals surface area (Å²) in [7, 11) is -0.895. The third-order valence-corrected chi connectivity index (χ3v) is 5.47. The van der Waals surface area contributed by atoms with Crippen LogP contribution in [-0.2, 0) is 10.0 Å². The molecule has 26 heavy (non-hydrogen) atoms. The first-order valence-corrected chi connectivity index (χ1v) is 9.43. The van der Waals surface area contributed by atoms with Crippen LogP contribution in [0.2, 0.25) is 5.02 Å². The van der Waals surface area contributed by atoms with Crippen LogP contribution in [-0.4, -0.2) is 34.3 Å². The summed E-state index contributed by atoms with van der Waals surface area (Å²) in [5, 5.41) is 5.32. The van der Waals surface area contributed by atoms with Gasteiger partial charge in [-0.25, -0.2) is 13.1 Å². The predicted octanol–water partition coefficient (Wildman–Crippen LogP) is 2.17. The van der Waals surface area contributed by atoms with Gasteiger partial charge in [0, 0.05) is 18.3 Å². The van der Waals surface area contributed by atoms with E-state index in [1.807, 2.05) is 0 Å². The highest BCUT2D eigenvalue weighted by molar-refractivity contribution is 7.89. The van der Waals surface area contributed by atoms with Crippen LogP contribution in [0.5, 0.6) is 0 Å². The summed E-state index contributed by atoms with van der Waals surface area (Å²) in [5.41, 5.74) is 1.65. The molecule has 0 saturated heterocycles. The molecule has 138 valence electrons. The topological polar surface area (TPSA) is 104 Å². The van der Waals surface area contributed by atoms with Gasteiger partial charge in [0.1, 0.15) is 0 Å². The summed E-state index contributed by atoms with van der Waals surface area (Å²) in [6, 6.07) is 8.68. The van der Waals surface area contributed by atoms with Gasteiger partial charge >= 0.3 is 0 Å². The molecule has 2 aromatic carbocycles. The molecule has 7 nitrogen and oxygen atoms in total. The minimum absolute atomic E-state index is 0.0257. The van der Waals surface area contributed by atoms with E-state index in [2.05, 4.69) is 15.4 Å². The van der Waals surface area contributed by atoms with Crippen LogP contribution >= 0.6 is 11.6 Å². The largest absolute Gasteiger partial charge is 0.355 e. The first-order chi connectivity index (χ1) is 12.2. The van der Waals surface area contributed by atoms with Gasteiger partial charge in [-0.3, -0.25) is 9.59 Å². The Morgan fingerprint density at radius 2 is 1.69 bits per heavy atom. The van der Waals surface area contributed by atoms with Gasteiger partial charge < -0.3 is 10.6 Å². The third-order valence-electron chi connectivity index (χ3n) is 3.73. The number of anilines is 1. The number of carbonyl (C=O) groups excluding carboxylic acids is 2. The second-order valence-electron chi connectivity index (χ2n) is 5.41. The van der Waals surface area contributed by atoms with Crippen molar-refractivity contribution < 1.29 is 18.0 Å². The van der Waals surface area contributed by atoms with Crippen molar-refractivity contribution in [3.63, 3.8) is 0 Å². The number of rotatable bonds is 5. The number of hydrogen-bond acceptors (Lipinski definition) is 4. The molecule has 2 aromatic rings. The number of sulfonamides is 1. The predicted molar refractivity (Wildman–Crippen MR) is 100 cm³/mol. The Kier molecular flexibility index (Phi) is 6.01. The monoisotopic (exact) mass is 395 g/mol. The molecule has 2 amide bonds. The molecule has 0 atom stereocenters. The Bertz CT molecular complexity index is 974. The molecule has 0 saturated carbocycles. The number of hydrogen-bond donors (Lipinski definition) is 3. The second kappa shape index (κ2) is 7.86. The Balaban J connectivity index is 2.33. The third kappa shape index (κ3) is 4.21. The molecule has 0 aliphatic carbocycles. The van der Waals surface area contributed by atoms with Crippen molar-refractivity contribution >= 4 is 39.1 Å². The van der Waals surface area contributed by atoms with Gasteiger partial charge in [0.15, 0.2) is 0 Å². The van der Waals surface area contributed by atoms with E-state index in [1.165, 1.54) is 32.3 Å². The molecule has 0 aliphatic heterocycles. The van der Waals surface area contributed by atoms with Gasteiger partial charge in [-0.05, 0) is 55.9 Å². The molecule has 0 radical (unpaired) electrons. The fraction of sp³-hybridized carbons (Fsp3) is 0.176. The number of aryl methyl sites for hydroxylation is 1. The maximum absolute atomic E-state index is 12.5. The zero-order valence-electron chi connectivity index (χ0n) is 14.4. The van der Waals surface area contributed by atoms with Gasteiger partial charge in [0.05, 0.1) is 15.5 Å². The standard InChI is InChI=1S/C17H18ClN3O4S/c1-10-8-11(16(22)19-2)4-7-15(10)21-17(23)13-9-12(5-6-14(13)18)26(24,25)20-3/h4-9,20H,1-3H3,(H,19,22)(H,21,23). The molecule has 3 N–H and O–H groups in total. The first kappa shape index (κ1) is 19.9. The second-order valence-corrected chi connectivity index (χ2v) is 7.71. The van der Waals surface area contributed by atoms with E-state index >= 15 is 0 Å². The Morgan fingerprint density at radius 1 is 1.00 bits per heavy atom. The van der Waals surface area contributed by atoms with Crippen LogP contribution in [0.4, 0.5) is 5.69 Å². The molecule has 0 heterocycles. The van der Waals surface area contributed by atoms with Crippen molar-refractivity contribution in [2.75, 3.05) is 19.4 Å². The van der Waals surface area contributed by atoms with E-state index in [0.29, 0.717) is 16.8 Å². The molecule has 0 bridgehead atoms. The summed E-state index contributed by atoms with van der Waals surface area (Å²) in [6.07, 6.45) is 0. The SMILES string of the molecule is CNC(=O)c1ccc(NC(=O)c2cc(S(=O)(=O)NC)ccc2Cl)c(C)c1. The van der Waals surface area contributed by atoms with Crippen molar-refractivity contribution in [1.82, 2.24) is 10.0 Å². The normalized spacial score (nSPS) is 11.1. The summed E-state index contributed by atoms with van der Waals surface area (Å²) in [5.74, 6) is -0.794. The minimum atomic E-state index is -3.70. The van der Waals surface area contributed by atoms with Crippen molar-refractivity contribution in [3.8, 4) is 0 Å². The van der Waals surface area contributed by atoms with E-state index in [4.69, 9.17) is 11.6 Å². The van der Waals surface area contributed by atoms with Crippen LogP contribution in [0.15, 0.2) is 41.3 Å². The molecule has 0 fully saturated rings. The van der Waals surface area contributed by atoms with Crippen LogP contribution in [0, 0.1) is 6.92 Å². The molecular formula is C17H18ClN3O4S. The number of halogens is 1. The van der Waals surface area contributed by atoms with Crippen molar-refractivity contribution in [2.45, 2.75) is 11.8 Å². The average molecular weight is 396 g/mol. The van der Waals surface area contributed by atoms with Crippen LogP contribution in [0.3, 0.4) is 0 Å². The number of benzene rings is 2. The summed E-state index contributed by atoms with van der Waals surface area (Å²) >= 11 is 6.05. The molecule has 9 heteroatoms. The smallest absolute Gasteiger partial charge is 0.257 e. The van der Waals surface area contributed by atoms with E-state index < -0.39 is 15.9 Å². The van der Waals surface area contributed by atoms with Gasteiger partial charge in [0.25, 0.3) is 11.8 Å². The van der Waals surface area contributed by atoms with Gasteiger partial charge in [-0.2, -0.15) is 0 Å². The lowest BCUT2D eigenvalue weighted by atomic mass is 10.1. The van der Waals surface area contributed by atoms with E-state index in [-0.39, 0.29) is 21.4 Å². The Hall–Kier alpha value is -2.42. The lowest BCUT2D eigenvalue weighted by Gasteiger charge is -2.12. The highest BCUT2D eigenvalue weighted by atomic mass is 35.5. The van der Waals surface area contributed by atoms with Crippen molar-refractivity contribution in [2.24, 2.45) is 0 Å². The fourth-order valence-corrected chi connectivity index (χ4v) is 3.20. The molecular weight excluding hydrogens is 378 g/mol. The van der Waals surface area contributed by atoms with Crippen molar-refractivity contribution in [1.29, 1.82) is 0 Å². The maximum Gasteiger partial charge on any atom is 0.257 e. The van der Waals surface area contributed by atoms with E-state index in [9.17, 15) is 18.0 Å². The zero-order valence-corrected chi connectivity index (χ0v) is 16.0. The first-order valence-electron chi connectivity index (χ1n) is 7.56. The maximum atomic E-state index is 12.5. The van der Waals surface area contributed by atoms with Crippen LogP contribution in [0.25, 0.3) is 0 Å². The van der Waals surface area contributed by atoms with Gasteiger partial charge in [-0.1, -0.05) is 11.6 Å². The lowest BCUT2D eigenvalue weighted by molar-refractivity contribution is 0.0962. The minimum Gasteiger partial charge on any atom is -0.355 e. The highest BCUT2D eigenvalue weighted by Crippen LogP contribution is 2.23. The average Bonchev–Trinajstić information content (AvgIpc) is 2.62. The van der Waals surface area contributed by atoms with Crippen molar-refractivity contribution in [3.05, 3.63) is 58.1 Å². The Morgan fingerprint density at radius 3 is 2.27 bits per heavy atom. The number of carbonyl (C=O) groups is 2. The van der Waals surface area contributed by atoms with E-state index in [0.717, 1.165) is 0 Å². The zero-order chi connectivity index (χ0) is 19.5. The van der Waals surface area contributed by atoms with Crippen LogP contribution in [0.1, 0.15) is 26.3 Å². The molecule has 0 unspecified atom stereocenters. The highest BCUT2D eigenvalue weighted by Gasteiger charge is 2.18. The summed E-state index contributed by atoms with van der Waals surface area (Å²) in [6.45, 7) is 1.74. The summed E-state index contributed by atoms with van der Waals surface area (Å²) < 4.78 is 26.0. The number of nitrogens with one attached hydrogen (secondary N) is 3. The lowest BCUT2D eigenvalue weighted by Crippen LogP contribution is -2.20. The Labute approximate surface area is 156 Å². The molecule has 0 aromatic heterocycles. The quantitative estimate of drug-likeness (QED) is 0.721. The van der Waals surface area contributed by atoms with E-state index in [1.54, 1.807) is 25.1 Å². The molecule has 0 spiro atoms. The summed E-state index contributed by atoms with van der Waals surface area (Å²) in [4.78, 5) is 24.1. The number of amides is 2. The molecule has 0 aliphatic rings.